The van der Waals surface area contributed by atoms with E-state index in [2.05, 4.69) is 9.80 Å². The molecule has 0 bridgehead atoms. The summed E-state index contributed by atoms with van der Waals surface area (Å²) in [6.45, 7) is 3.38. The first-order valence-electron chi connectivity index (χ1n) is 13.5. The molecule has 0 radical (unpaired) electrons. The number of hydrogen-bond acceptors (Lipinski definition) is 4. The lowest BCUT2D eigenvalue weighted by Crippen LogP contribution is -2.48. The standard InChI is InChI=1S/C30H33ClF3N3O2/c31-24-8-5-11-26(19-24)35-14-16-36(17-15-35)29(38)28-13-12-27(39-28)21-37(25-9-2-1-3-10-25)20-22-6-4-7-23(18-22)30(32,33)34/h4-8,11-13,18-19,25H,1-3,9-10,14-17,20-21H2. The van der Waals surface area contributed by atoms with Crippen molar-refractivity contribution in [1.29, 1.82) is 0 Å². The largest absolute Gasteiger partial charge is 0.455 e. The van der Waals surface area contributed by atoms with Crippen LogP contribution in [0.2, 0.25) is 5.02 Å². The quantitative estimate of drug-likeness (QED) is 0.306. The molecule has 1 aliphatic heterocycles. The zero-order chi connectivity index (χ0) is 27.4. The van der Waals surface area contributed by atoms with E-state index < -0.39 is 11.7 Å². The van der Waals surface area contributed by atoms with E-state index in [4.69, 9.17) is 16.0 Å². The first kappa shape index (κ1) is 27.6. The van der Waals surface area contributed by atoms with Crippen LogP contribution in [0.4, 0.5) is 18.9 Å². The average Bonchev–Trinajstić information content (AvgIpc) is 3.41. The number of hydrogen-bond donors (Lipinski definition) is 0. The van der Waals surface area contributed by atoms with Crippen molar-refractivity contribution in [3.63, 3.8) is 0 Å². The Kier molecular flexibility index (Phi) is 8.52. The van der Waals surface area contributed by atoms with Crippen molar-refractivity contribution in [2.75, 3.05) is 31.1 Å². The minimum Gasteiger partial charge on any atom is -0.455 e. The van der Waals surface area contributed by atoms with Crippen molar-refractivity contribution in [3.8, 4) is 0 Å². The van der Waals surface area contributed by atoms with E-state index in [9.17, 15) is 18.0 Å². The lowest BCUT2D eigenvalue weighted by Gasteiger charge is -2.35. The van der Waals surface area contributed by atoms with Crippen molar-refractivity contribution in [3.05, 3.63) is 88.3 Å². The Balaban J connectivity index is 1.24. The smallest absolute Gasteiger partial charge is 0.416 e. The molecule has 5 rings (SSSR count). The number of amides is 1. The summed E-state index contributed by atoms with van der Waals surface area (Å²) in [4.78, 5) is 19.4. The van der Waals surface area contributed by atoms with Crippen LogP contribution in [-0.2, 0) is 19.3 Å². The summed E-state index contributed by atoms with van der Waals surface area (Å²) in [5.41, 5.74) is 1.03. The number of nitrogens with zero attached hydrogens (tertiary/aromatic N) is 3. The van der Waals surface area contributed by atoms with E-state index in [1.165, 1.54) is 18.6 Å². The summed E-state index contributed by atoms with van der Waals surface area (Å²) in [6.07, 6.45) is 1.02. The van der Waals surface area contributed by atoms with Crippen LogP contribution < -0.4 is 4.90 Å². The fourth-order valence-corrected chi connectivity index (χ4v) is 5.80. The third-order valence-electron chi connectivity index (χ3n) is 7.70. The maximum Gasteiger partial charge on any atom is 0.416 e. The van der Waals surface area contributed by atoms with Crippen LogP contribution in [0.1, 0.15) is 59.5 Å². The Labute approximate surface area is 232 Å². The molecule has 0 unspecified atom stereocenters. The number of halogens is 4. The van der Waals surface area contributed by atoms with Crippen LogP contribution in [0.5, 0.6) is 0 Å². The zero-order valence-corrected chi connectivity index (χ0v) is 22.6. The highest BCUT2D eigenvalue weighted by Crippen LogP contribution is 2.31. The number of rotatable bonds is 7. The van der Waals surface area contributed by atoms with E-state index in [0.29, 0.717) is 61.4 Å². The summed E-state index contributed by atoms with van der Waals surface area (Å²) < 4.78 is 45.9. The second-order valence-electron chi connectivity index (χ2n) is 10.4. The van der Waals surface area contributed by atoms with E-state index in [-0.39, 0.29) is 11.9 Å². The highest BCUT2D eigenvalue weighted by molar-refractivity contribution is 6.30. The van der Waals surface area contributed by atoms with Gasteiger partial charge in [0.15, 0.2) is 5.76 Å². The highest BCUT2D eigenvalue weighted by atomic mass is 35.5. The van der Waals surface area contributed by atoms with Gasteiger partial charge in [-0.3, -0.25) is 9.69 Å². The summed E-state index contributed by atoms with van der Waals surface area (Å²) in [5, 5.41) is 0.685. The summed E-state index contributed by atoms with van der Waals surface area (Å²) in [5.74, 6) is 0.798. The molecular weight excluding hydrogens is 527 g/mol. The number of carbonyl (C=O) groups excluding carboxylic acids is 1. The van der Waals surface area contributed by atoms with Gasteiger partial charge in [0.2, 0.25) is 0 Å². The number of alkyl halides is 3. The van der Waals surface area contributed by atoms with Crippen LogP contribution in [0.15, 0.2) is 65.1 Å². The highest BCUT2D eigenvalue weighted by Gasteiger charge is 2.31. The number of carbonyl (C=O) groups is 1. The van der Waals surface area contributed by atoms with Crippen molar-refractivity contribution >= 4 is 23.2 Å². The van der Waals surface area contributed by atoms with E-state index in [0.717, 1.165) is 37.4 Å². The van der Waals surface area contributed by atoms with Gasteiger partial charge in [-0.15, -0.1) is 0 Å². The van der Waals surface area contributed by atoms with Crippen molar-refractivity contribution in [2.45, 2.75) is 57.4 Å². The maximum absolute atomic E-state index is 13.3. The SMILES string of the molecule is O=C(c1ccc(CN(Cc2cccc(C(F)(F)F)c2)C2CCCCC2)o1)N1CCN(c2cccc(Cl)c2)CC1. The third kappa shape index (κ3) is 6.97. The summed E-state index contributed by atoms with van der Waals surface area (Å²) in [7, 11) is 0. The van der Waals surface area contributed by atoms with Gasteiger partial charge in [0.25, 0.3) is 5.91 Å². The first-order chi connectivity index (χ1) is 18.8. The molecule has 3 aromatic rings. The molecule has 1 aliphatic carbocycles. The molecule has 1 saturated heterocycles. The fourth-order valence-electron chi connectivity index (χ4n) is 5.62. The Morgan fingerprint density at radius 2 is 1.67 bits per heavy atom. The van der Waals surface area contributed by atoms with Gasteiger partial charge < -0.3 is 14.2 Å². The normalized spacial score (nSPS) is 17.2. The van der Waals surface area contributed by atoms with Gasteiger partial charge in [0, 0.05) is 49.5 Å². The molecule has 2 aromatic carbocycles. The lowest BCUT2D eigenvalue weighted by molar-refractivity contribution is -0.137. The average molecular weight is 560 g/mol. The van der Waals surface area contributed by atoms with E-state index >= 15 is 0 Å². The predicted octanol–water partition coefficient (Wildman–Crippen LogP) is 7.25. The summed E-state index contributed by atoms with van der Waals surface area (Å²) >= 11 is 6.13. The summed E-state index contributed by atoms with van der Waals surface area (Å²) in [6, 6.07) is 17.0. The molecule has 0 N–H and O–H groups in total. The Hall–Kier alpha value is -2.97. The number of piperazine rings is 1. The van der Waals surface area contributed by atoms with Gasteiger partial charge in [0.05, 0.1) is 12.1 Å². The number of benzene rings is 2. The predicted molar refractivity (Wildman–Crippen MR) is 146 cm³/mol. The second-order valence-corrected chi connectivity index (χ2v) is 10.9. The Morgan fingerprint density at radius 1 is 0.923 bits per heavy atom. The molecule has 5 nitrogen and oxygen atoms in total. The Bertz CT molecular complexity index is 1260. The van der Waals surface area contributed by atoms with Gasteiger partial charge in [-0.1, -0.05) is 55.1 Å². The van der Waals surface area contributed by atoms with Crippen molar-refractivity contribution in [1.82, 2.24) is 9.80 Å². The van der Waals surface area contributed by atoms with Gasteiger partial charge >= 0.3 is 6.18 Å². The van der Waals surface area contributed by atoms with E-state index in [1.54, 1.807) is 17.0 Å². The van der Waals surface area contributed by atoms with Crippen molar-refractivity contribution in [2.24, 2.45) is 0 Å². The molecular formula is C30H33ClF3N3O2. The van der Waals surface area contributed by atoms with Crippen molar-refractivity contribution < 1.29 is 22.4 Å². The van der Waals surface area contributed by atoms with Crippen LogP contribution in [-0.4, -0.2) is 47.9 Å². The molecule has 1 aromatic heterocycles. The third-order valence-corrected chi connectivity index (χ3v) is 7.94. The molecule has 0 atom stereocenters. The topological polar surface area (TPSA) is 39.9 Å². The molecule has 9 heteroatoms. The molecule has 2 aliphatic rings. The fraction of sp³-hybridized carbons (Fsp3) is 0.433. The lowest BCUT2D eigenvalue weighted by atomic mass is 9.93. The van der Waals surface area contributed by atoms with E-state index in [1.807, 2.05) is 30.3 Å². The molecule has 1 saturated carbocycles. The van der Waals surface area contributed by atoms with Crippen LogP contribution in [0, 0.1) is 0 Å². The number of anilines is 1. The molecule has 208 valence electrons. The maximum atomic E-state index is 13.3. The first-order valence-corrected chi connectivity index (χ1v) is 13.9. The number of furan rings is 1. The van der Waals surface area contributed by atoms with Gasteiger partial charge in [-0.05, 0) is 54.8 Å². The zero-order valence-electron chi connectivity index (χ0n) is 21.8. The van der Waals surface area contributed by atoms with Gasteiger partial charge in [-0.25, -0.2) is 0 Å². The van der Waals surface area contributed by atoms with Crippen LogP contribution in [0.3, 0.4) is 0 Å². The molecule has 0 spiro atoms. The van der Waals surface area contributed by atoms with Crippen LogP contribution >= 0.6 is 11.6 Å². The monoisotopic (exact) mass is 559 g/mol. The second kappa shape index (κ2) is 12.0. The molecule has 39 heavy (non-hydrogen) atoms. The van der Waals surface area contributed by atoms with Crippen LogP contribution in [0.25, 0.3) is 0 Å². The minimum atomic E-state index is -4.37. The minimum absolute atomic E-state index is 0.144. The van der Waals surface area contributed by atoms with Gasteiger partial charge in [-0.2, -0.15) is 13.2 Å². The molecule has 2 fully saturated rings. The Morgan fingerprint density at radius 3 is 2.38 bits per heavy atom. The molecule has 2 heterocycles. The van der Waals surface area contributed by atoms with Gasteiger partial charge in [0.1, 0.15) is 5.76 Å². The molecule has 1 amide bonds.